The minimum Gasteiger partial charge on any atom is -0.244 e. The van der Waals surface area contributed by atoms with Gasteiger partial charge < -0.3 is 0 Å². The quantitative estimate of drug-likeness (QED) is 0.532. The molecule has 0 radical (unpaired) electrons. The molecule has 0 unspecified atom stereocenters. The Kier molecular flexibility index (Phi) is 1.16. The van der Waals surface area contributed by atoms with Crippen LogP contribution in [0, 0.1) is 0 Å². The SMILES string of the molecule is O=C1N=C(Cl)C2=NN=NC2=N1. The Hall–Kier alpha value is -1.43. The van der Waals surface area contributed by atoms with Crippen LogP contribution >= 0.6 is 11.6 Å². The van der Waals surface area contributed by atoms with Gasteiger partial charge in [-0.2, -0.15) is 9.98 Å². The fourth-order valence-electron chi connectivity index (χ4n) is 0.663. The third-order valence-corrected chi connectivity index (χ3v) is 1.35. The smallest absolute Gasteiger partial charge is 0.244 e. The van der Waals surface area contributed by atoms with E-state index in [4.69, 9.17) is 11.6 Å². The predicted octanol–water partition coefficient (Wildman–Crippen LogP) is 0.978. The Morgan fingerprint density at radius 3 is 2.91 bits per heavy atom. The van der Waals surface area contributed by atoms with Crippen LogP contribution in [0.4, 0.5) is 4.79 Å². The lowest BCUT2D eigenvalue weighted by Crippen LogP contribution is -2.21. The molecule has 6 nitrogen and oxygen atoms in total. The summed E-state index contributed by atoms with van der Waals surface area (Å²) in [5.41, 5.74) is 0.256. The first-order chi connectivity index (χ1) is 5.27. The number of fused-ring (bicyclic) bond motifs is 1. The molecule has 11 heavy (non-hydrogen) atoms. The first-order valence-corrected chi connectivity index (χ1v) is 3.01. The third-order valence-electron chi connectivity index (χ3n) is 1.09. The van der Waals surface area contributed by atoms with Crippen LogP contribution in [-0.2, 0) is 0 Å². The molecule has 2 rings (SSSR count). The van der Waals surface area contributed by atoms with Gasteiger partial charge in [-0.05, 0) is 5.22 Å². The van der Waals surface area contributed by atoms with Gasteiger partial charge in [0.2, 0.25) is 5.84 Å². The molecule has 7 heteroatoms. The third kappa shape index (κ3) is 0.874. The van der Waals surface area contributed by atoms with Gasteiger partial charge in [-0.15, -0.1) is 10.2 Å². The number of amides is 2. The maximum atomic E-state index is 10.6. The summed E-state index contributed by atoms with van der Waals surface area (Å²) in [4.78, 5) is 17.3. The monoisotopic (exact) mass is 169 g/mol. The number of amidine groups is 1. The van der Waals surface area contributed by atoms with Crippen LogP contribution in [0.3, 0.4) is 0 Å². The largest absolute Gasteiger partial charge is 0.370 e. The Labute approximate surface area is 65.4 Å². The van der Waals surface area contributed by atoms with E-state index in [0.29, 0.717) is 0 Å². The van der Waals surface area contributed by atoms with Gasteiger partial charge >= 0.3 is 6.03 Å². The topological polar surface area (TPSA) is 78.9 Å². The number of carbonyl (C=O) groups excluding carboxylic acids is 1. The molecule has 0 aromatic heterocycles. The van der Waals surface area contributed by atoms with Crippen molar-refractivity contribution in [3.63, 3.8) is 0 Å². The first kappa shape index (κ1) is 6.29. The molecule has 0 atom stereocenters. The van der Waals surface area contributed by atoms with E-state index < -0.39 is 6.03 Å². The number of aliphatic imine (C=N–C) groups is 2. The van der Waals surface area contributed by atoms with Crippen molar-refractivity contribution in [2.75, 3.05) is 0 Å². The lowest BCUT2D eigenvalue weighted by atomic mass is 10.3. The molecule has 0 aromatic rings. The van der Waals surface area contributed by atoms with E-state index in [9.17, 15) is 4.79 Å². The molecule has 2 aliphatic heterocycles. The van der Waals surface area contributed by atoms with E-state index in [-0.39, 0.29) is 16.7 Å². The maximum Gasteiger partial charge on any atom is 0.370 e. The van der Waals surface area contributed by atoms with Crippen LogP contribution in [0.25, 0.3) is 0 Å². The zero-order valence-corrected chi connectivity index (χ0v) is 5.78. The summed E-state index contributed by atoms with van der Waals surface area (Å²) in [7, 11) is 0. The van der Waals surface area contributed by atoms with Crippen molar-refractivity contribution >= 4 is 34.4 Å². The van der Waals surface area contributed by atoms with Gasteiger partial charge in [0, 0.05) is 0 Å². The van der Waals surface area contributed by atoms with Gasteiger partial charge in [0.25, 0.3) is 0 Å². The van der Waals surface area contributed by atoms with Gasteiger partial charge in [0.1, 0.15) is 0 Å². The molecule has 0 aromatic carbocycles. The molecular weight excluding hydrogens is 170 g/mol. The fraction of sp³-hybridized carbons (Fsp3) is 0. The van der Waals surface area contributed by atoms with E-state index >= 15 is 0 Å². The number of urea groups is 1. The zero-order chi connectivity index (χ0) is 7.84. The summed E-state index contributed by atoms with van der Waals surface area (Å²) in [6.45, 7) is 0. The number of hydrogen-bond donors (Lipinski definition) is 0. The predicted molar refractivity (Wildman–Crippen MR) is 38.4 cm³/mol. The normalized spacial score (nSPS) is 20.8. The van der Waals surface area contributed by atoms with Crippen molar-refractivity contribution in [2.45, 2.75) is 0 Å². The molecule has 0 saturated heterocycles. The van der Waals surface area contributed by atoms with Crippen molar-refractivity contribution in [3.8, 4) is 0 Å². The van der Waals surface area contributed by atoms with Crippen LogP contribution in [0.2, 0.25) is 0 Å². The number of halogens is 1. The summed E-state index contributed by atoms with van der Waals surface area (Å²) in [5, 5.41) is 10.2. The average molecular weight is 170 g/mol. The summed E-state index contributed by atoms with van der Waals surface area (Å²) < 4.78 is 0. The lowest BCUT2D eigenvalue weighted by Gasteiger charge is -1.98. The van der Waals surface area contributed by atoms with Crippen LogP contribution in [0.1, 0.15) is 0 Å². The molecule has 54 valence electrons. The Morgan fingerprint density at radius 1 is 1.27 bits per heavy atom. The van der Waals surface area contributed by atoms with Crippen molar-refractivity contribution in [1.82, 2.24) is 0 Å². The minimum atomic E-state index is -0.676. The standard InChI is InChI=1S/C4ClN5O/c5-2-1-3(9-10-8-1)7-4(11)6-2. The highest BCUT2D eigenvalue weighted by Crippen LogP contribution is 2.09. The fourth-order valence-corrected chi connectivity index (χ4v) is 0.857. The number of nitrogens with zero attached hydrogens (tertiary/aromatic N) is 5. The molecule has 0 spiro atoms. The average Bonchev–Trinajstić information content (AvgIpc) is 2.34. The molecule has 2 amide bonds. The molecule has 0 bridgehead atoms. The lowest BCUT2D eigenvalue weighted by molar-refractivity contribution is 0.257. The minimum absolute atomic E-state index is 0.00926. The van der Waals surface area contributed by atoms with Crippen LogP contribution in [0.5, 0.6) is 0 Å². The summed E-state index contributed by atoms with van der Waals surface area (Å²) >= 11 is 5.51. The van der Waals surface area contributed by atoms with E-state index in [1.54, 1.807) is 0 Å². The molecular formula is C4ClN5O. The van der Waals surface area contributed by atoms with E-state index in [1.165, 1.54) is 0 Å². The Morgan fingerprint density at radius 2 is 2.09 bits per heavy atom. The van der Waals surface area contributed by atoms with Gasteiger partial charge in [0.05, 0.1) is 0 Å². The second kappa shape index (κ2) is 2.03. The van der Waals surface area contributed by atoms with Crippen molar-refractivity contribution in [2.24, 2.45) is 25.4 Å². The summed E-state index contributed by atoms with van der Waals surface area (Å²) in [5.74, 6) is 0.134. The second-order valence-electron chi connectivity index (χ2n) is 1.76. The van der Waals surface area contributed by atoms with Gasteiger partial charge in [-0.1, -0.05) is 11.6 Å². The van der Waals surface area contributed by atoms with Crippen LogP contribution < -0.4 is 0 Å². The molecule has 0 fully saturated rings. The Balaban J connectivity index is 2.54. The first-order valence-electron chi connectivity index (χ1n) is 2.63. The van der Waals surface area contributed by atoms with Gasteiger partial charge in [0.15, 0.2) is 10.9 Å². The maximum absolute atomic E-state index is 10.6. The Bertz CT molecular complexity index is 351. The van der Waals surface area contributed by atoms with E-state index in [2.05, 4.69) is 25.4 Å². The second-order valence-corrected chi connectivity index (χ2v) is 2.12. The van der Waals surface area contributed by atoms with Crippen molar-refractivity contribution < 1.29 is 4.79 Å². The highest BCUT2D eigenvalue weighted by Gasteiger charge is 2.24. The zero-order valence-electron chi connectivity index (χ0n) is 5.02. The summed E-state index contributed by atoms with van der Waals surface area (Å²) in [6, 6.07) is -0.676. The molecule has 2 aliphatic rings. The molecule has 0 aliphatic carbocycles. The van der Waals surface area contributed by atoms with Crippen molar-refractivity contribution in [1.29, 1.82) is 0 Å². The number of carbonyl (C=O) groups is 1. The number of rotatable bonds is 0. The van der Waals surface area contributed by atoms with Crippen molar-refractivity contribution in [3.05, 3.63) is 0 Å². The van der Waals surface area contributed by atoms with E-state index in [1.807, 2.05) is 0 Å². The number of hydrogen-bond acceptors (Lipinski definition) is 4. The highest BCUT2D eigenvalue weighted by molar-refractivity contribution is 6.94. The van der Waals surface area contributed by atoms with Gasteiger partial charge in [-0.25, -0.2) is 4.79 Å². The van der Waals surface area contributed by atoms with Gasteiger partial charge in [-0.3, -0.25) is 0 Å². The van der Waals surface area contributed by atoms with Crippen LogP contribution in [-0.4, -0.2) is 22.7 Å². The molecule has 0 N–H and O–H groups in total. The molecule has 2 heterocycles. The highest BCUT2D eigenvalue weighted by atomic mass is 35.5. The molecule has 0 saturated carbocycles. The summed E-state index contributed by atoms with van der Waals surface area (Å²) in [6.07, 6.45) is 0. The van der Waals surface area contributed by atoms with E-state index in [0.717, 1.165) is 0 Å². The van der Waals surface area contributed by atoms with Crippen LogP contribution in [0.15, 0.2) is 25.4 Å².